The van der Waals surface area contributed by atoms with Crippen LogP contribution in [0, 0.1) is 0 Å². The molecule has 1 aliphatic heterocycles. The molecule has 1 N–H and O–H groups in total. The topological polar surface area (TPSA) is 46.0 Å². The van der Waals surface area contributed by atoms with Gasteiger partial charge in [0.1, 0.15) is 0 Å². The zero-order valence-electron chi connectivity index (χ0n) is 10.8. The first-order valence-electron chi connectivity index (χ1n) is 6.01. The van der Waals surface area contributed by atoms with Gasteiger partial charge in [-0.3, -0.25) is 4.68 Å². The van der Waals surface area contributed by atoms with Crippen molar-refractivity contribution >= 4 is 11.8 Å². The molecule has 2 rings (SSSR count). The molecule has 2 atom stereocenters. The third-order valence-corrected chi connectivity index (χ3v) is 4.41. The number of aryl methyl sites for hydroxylation is 1. The molecule has 1 saturated heterocycles. The van der Waals surface area contributed by atoms with Crippen LogP contribution in [-0.4, -0.2) is 64.1 Å². The Balaban J connectivity index is 2.00. The zero-order valence-corrected chi connectivity index (χ0v) is 11.6. The Bertz CT molecular complexity index is 353. The molecule has 5 nitrogen and oxygen atoms in total. The van der Waals surface area contributed by atoms with Crippen molar-refractivity contribution in [3.05, 3.63) is 11.9 Å². The summed E-state index contributed by atoms with van der Waals surface area (Å²) in [6.07, 6.45) is 2.94. The van der Waals surface area contributed by atoms with E-state index in [1.165, 1.54) is 18.1 Å². The Morgan fingerprint density at radius 2 is 2.41 bits per heavy atom. The lowest BCUT2D eigenvalue weighted by molar-refractivity contribution is 0.218. The Morgan fingerprint density at radius 3 is 3.00 bits per heavy atom. The maximum Gasteiger partial charge on any atom is 0.0843 e. The van der Waals surface area contributed by atoms with Gasteiger partial charge in [0, 0.05) is 49.8 Å². The number of aromatic nitrogens is 3. The number of nitrogens with one attached hydrogen (secondary N) is 1. The molecular weight excluding hydrogens is 234 g/mol. The molecule has 6 heteroatoms. The largest absolute Gasteiger partial charge is 0.315 e. The Kier molecular flexibility index (Phi) is 4.42. The first-order chi connectivity index (χ1) is 8.20. The highest BCUT2D eigenvalue weighted by atomic mass is 32.2. The first-order valence-corrected chi connectivity index (χ1v) is 7.16. The van der Waals surface area contributed by atoms with Gasteiger partial charge in [0.15, 0.2) is 0 Å². The predicted octanol–water partition coefficient (Wildman–Crippen LogP) is -0.00720. The van der Waals surface area contributed by atoms with Crippen molar-refractivity contribution in [2.45, 2.75) is 18.5 Å². The fraction of sp³-hybridized carbons (Fsp3) is 0.818. The smallest absolute Gasteiger partial charge is 0.0843 e. The van der Waals surface area contributed by atoms with Crippen LogP contribution in [-0.2, 0) is 13.5 Å². The molecule has 1 aliphatic rings. The lowest BCUT2D eigenvalue weighted by Crippen LogP contribution is -2.52. The summed E-state index contributed by atoms with van der Waals surface area (Å²) in [5.41, 5.74) is 1.07. The second-order valence-electron chi connectivity index (χ2n) is 4.61. The number of thioether (sulfide) groups is 1. The summed E-state index contributed by atoms with van der Waals surface area (Å²) in [4.78, 5) is 2.45. The maximum atomic E-state index is 4.17. The van der Waals surface area contributed by atoms with Crippen LogP contribution in [0.2, 0.25) is 0 Å². The highest BCUT2D eigenvalue weighted by Gasteiger charge is 2.27. The van der Waals surface area contributed by atoms with Crippen LogP contribution in [0.1, 0.15) is 5.69 Å². The van der Waals surface area contributed by atoms with Crippen LogP contribution in [0.25, 0.3) is 0 Å². The van der Waals surface area contributed by atoms with Gasteiger partial charge >= 0.3 is 0 Å². The van der Waals surface area contributed by atoms with Crippen LogP contribution in [0.3, 0.4) is 0 Å². The van der Waals surface area contributed by atoms with E-state index >= 15 is 0 Å². The fourth-order valence-electron chi connectivity index (χ4n) is 2.27. The molecule has 1 fully saturated rings. The van der Waals surface area contributed by atoms with Gasteiger partial charge in [0.2, 0.25) is 0 Å². The van der Waals surface area contributed by atoms with Gasteiger partial charge < -0.3 is 10.2 Å². The minimum atomic E-state index is 0.449. The van der Waals surface area contributed by atoms with Gasteiger partial charge in [-0.2, -0.15) is 11.8 Å². The second-order valence-corrected chi connectivity index (χ2v) is 5.76. The van der Waals surface area contributed by atoms with Gasteiger partial charge in [0.05, 0.1) is 5.69 Å². The van der Waals surface area contributed by atoms with E-state index in [9.17, 15) is 0 Å². The summed E-state index contributed by atoms with van der Waals surface area (Å²) in [6, 6.07) is 1.03. The van der Waals surface area contributed by atoms with Crippen LogP contribution in [0.4, 0.5) is 0 Å². The number of hydrogen-bond acceptors (Lipinski definition) is 5. The van der Waals surface area contributed by atoms with E-state index < -0.39 is 0 Å². The number of likely N-dealkylation sites (N-methyl/N-ethyl adjacent to an activating group) is 2. The van der Waals surface area contributed by atoms with Crippen molar-refractivity contribution in [1.82, 2.24) is 25.2 Å². The van der Waals surface area contributed by atoms with Gasteiger partial charge in [-0.05, 0) is 14.1 Å². The molecule has 0 amide bonds. The highest BCUT2D eigenvalue weighted by molar-refractivity contribution is 7.99. The van der Waals surface area contributed by atoms with E-state index in [4.69, 9.17) is 0 Å². The van der Waals surface area contributed by atoms with E-state index in [-0.39, 0.29) is 0 Å². The summed E-state index contributed by atoms with van der Waals surface area (Å²) in [5.74, 6) is 2.44. The quantitative estimate of drug-likeness (QED) is 0.820. The van der Waals surface area contributed by atoms with Crippen LogP contribution >= 0.6 is 11.8 Å². The standard InChI is InChI=1S/C11H21N5S/c1-12-10(6-9-7-16(3)14-13-9)11-8-17-5-4-15(11)2/h7,10-12H,4-6,8H2,1-3H3. The molecule has 96 valence electrons. The van der Waals surface area contributed by atoms with Gasteiger partial charge in [0.25, 0.3) is 0 Å². The van der Waals surface area contributed by atoms with Crippen molar-refractivity contribution in [2.24, 2.45) is 7.05 Å². The number of rotatable bonds is 4. The van der Waals surface area contributed by atoms with E-state index in [1.54, 1.807) is 4.68 Å². The van der Waals surface area contributed by atoms with Crippen molar-refractivity contribution in [3.63, 3.8) is 0 Å². The first kappa shape index (κ1) is 12.9. The summed E-state index contributed by atoms with van der Waals surface area (Å²) in [5, 5.41) is 11.6. The summed E-state index contributed by atoms with van der Waals surface area (Å²) >= 11 is 2.04. The van der Waals surface area contributed by atoms with Crippen molar-refractivity contribution < 1.29 is 0 Å². The third-order valence-electron chi connectivity index (χ3n) is 3.36. The monoisotopic (exact) mass is 255 g/mol. The lowest BCUT2D eigenvalue weighted by Gasteiger charge is -2.37. The summed E-state index contributed by atoms with van der Waals surface area (Å²) in [6.45, 7) is 1.17. The molecule has 0 spiro atoms. The molecule has 1 aromatic rings. The Labute approximate surface area is 107 Å². The van der Waals surface area contributed by atoms with E-state index in [0.29, 0.717) is 12.1 Å². The maximum absolute atomic E-state index is 4.17. The minimum Gasteiger partial charge on any atom is -0.315 e. The lowest BCUT2D eigenvalue weighted by atomic mass is 10.0. The Hall–Kier alpha value is -0.590. The molecule has 0 radical (unpaired) electrons. The molecule has 2 heterocycles. The summed E-state index contributed by atoms with van der Waals surface area (Å²) < 4.78 is 1.77. The average Bonchev–Trinajstić information content (AvgIpc) is 2.73. The Morgan fingerprint density at radius 1 is 1.59 bits per heavy atom. The van der Waals surface area contributed by atoms with Crippen molar-refractivity contribution in [1.29, 1.82) is 0 Å². The van der Waals surface area contributed by atoms with Crippen LogP contribution in [0.15, 0.2) is 6.20 Å². The molecule has 0 aliphatic carbocycles. The average molecular weight is 255 g/mol. The predicted molar refractivity (Wildman–Crippen MR) is 71.3 cm³/mol. The zero-order chi connectivity index (χ0) is 12.3. The molecular formula is C11H21N5S. The van der Waals surface area contributed by atoms with Crippen LogP contribution in [0.5, 0.6) is 0 Å². The summed E-state index contributed by atoms with van der Waals surface area (Å²) in [7, 11) is 6.16. The molecule has 1 aromatic heterocycles. The van der Waals surface area contributed by atoms with E-state index in [0.717, 1.165) is 12.1 Å². The molecule has 17 heavy (non-hydrogen) atoms. The molecule has 2 unspecified atom stereocenters. The van der Waals surface area contributed by atoms with Gasteiger partial charge in [-0.25, -0.2) is 0 Å². The third kappa shape index (κ3) is 3.20. The highest BCUT2D eigenvalue weighted by Crippen LogP contribution is 2.19. The number of hydrogen-bond donors (Lipinski definition) is 1. The molecule has 0 bridgehead atoms. The second kappa shape index (κ2) is 5.84. The van der Waals surface area contributed by atoms with Gasteiger partial charge in [-0.15, -0.1) is 5.10 Å². The van der Waals surface area contributed by atoms with Crippen molar-refractivity contribution in [3.8, 4) is 0 Å². The molecule has 0 aromatic carbocycles. The SMILES string of the molecule is CNC(Cc1cn(C)nn1)C1CSCCN1C. The van der Waals surface area contributed by atoms with Gasteiger partial charge in [-0.1, -0.05) is 5.21 Å². The normalized spacial score (nSPS) is 23.8. The van der Waals surface area contributed by atoms with E-state index in [2.05, 4.69) is 27.6 Å². The fourth-order valence-corrected chi connectivity index (χ4v) is 3.59. The van der Waals surface area contributed by atoms with Crippen LogP contribution < -0.4 is 5.32 Å². The van der Waals surface area contributed by atoms with Crippen molar-refractivity contribution in [2.75, 3.05) is 32.1 Å². The van der Waals surface area contributed by atoms with E-state index in [1.807, 2.05) is 32.1 Å². The number of nitrogens with zero attached hydrogens (tertiary/aromatic N) is 4. The minimum absolute atomic E-state index is 0.449. The molecule has 0 saturated carbocycles.